The molecule has 3 aromatic carbocycles. The Balaban J connectivity index is 1.14. The van der Waals surface area contributed by atoms with Crippen LogP contribution in [-0.2, 0) is 0 Å². The summed E-state index contributed by atoms with van der Waals surface area (Å²) in [6, 6.07) is 25.5. The van der Waals surface area contributed by atoms with Gasteiger partial charge in [0.25, 0.3) is 0 Å². The van der Waals surface area contributed by atoms with Crippen molar-refractivity contribution in [3.05, 3.63) is 72.8 Å². The summed E-state index contributed by atoms with van der Waals surface area (Å²) in [5, 5.41) is 2.51. The van der Waals surface area contributed by atoms with Gasteiger partial charge in [-0.25, -0.2) is 0 Å². The Hall–Kier alpha value is -2.52. The van der Waals surface area contributed by atoms with Gasteiger partial charge in [-0.3, -0.25) is 4.90 Å². The van der Waals surface area contributed by atoms with E-state index in [1.165, 1.54) is 29.4 Å². The summed E-state index contributed by atoms with van der Waals surface area (Å²) in [7, 11) is 0. The van der Waals surface area contributed by atoms with Gasteiger partial charge < -0.3 is 9.64 Å². The van der Waals surface area contributed by atoms with Crippen LogP contribution in [-0.4, -0.2) is 44.2 Å². The van der Waals surface area contributed by atoms with Gasteiger partial charge in [0.15, 0.2) is 0 Å². The van der Waals surface area contributed by atoms with Crippen LogP contribution in [0.2, 0.25) is 0 Å². The molecule has 3 aromatic rings. The molecule has 0 bridgehead atoms. The van der Waals surface area contributed by atoms with Crippen LogP contribution in [0, 0.1) is 0 Å². The Morgan fingerprint density at radius 1 is 0.704 bits per heavy atom. The second kappa shape index (κ2) is 8.92. The van der Waals surface area contributed by atoms with E-state index in [4.69, 9.17) is 4.74 Å². The molecule has 140 valence electrons. The van der Waals surface area contributed by atoms with Gasteiger partial charge in [0.05, 0.1) is 6.61 Å². The fourth-order valence-electron chi connectivity index (χ4n) is 3.75. The second-order valence-corrected chi connectivity index (χ2v) is 7.23. The summed E-state index contributed by atoms with van der Waals surface area (Å²) in [6.07, 6.45) is 2.30. The highest BCUT2D eigenvalue weighted by Gasteiger charge is 2.16. The first-order valence-electron chi connectivity index (χ1n) is 10.0. The minimum absolute atomic E-state index is 0.794. The van der Waals surface area contributed by atoms with E-state index >= 15 is 0 Å². The quantitative estimate of drug-likeness (QED) is 0.562. The Morgan fingerprint density at radius 2 is 1.44 bits per heavy atom. The van der Waals surface area contributed by atoms with E-state index in [1.807, 2.05) is 0 Å². The average Bonchev–Trinajstić information content (AvgIpc) is 2.74. The molecular formula is C24H28N2O. The van der Waals surface area contributed by atoms with Crippen LogP contribution in [0.4, 0.5) is 5.69 Å². The summed E-state index contributed by atoms with van der Waals surface area (Å²) < 4.78 is 5.95. The number of para-hydroxylation sites is 1. The molecule has 0 N–H and O–H groups in total. The van der Waals surface area contributed by atoms with Crippen molar-refractivity contribution in [2.45, 2.75) is 12.8 Å². The highest BCUT2D eigenvalue weighted by molar-refractivity contribution is 5.83. The summed E-state index contributed by atoms with van der Waals surface area (Å²) in [6.45, 7) is 6.52. The maximum absolute atomic E-state index is 5.95. The van der Waals surface area contributed by atoms with E-state index in [0.717, 1.165) is 45.0 Å². The van der Waals surface area contributed by atoms with Gasteiger partial charge in [-0.15, -0.1) is 0 Å². The van der Waals surface area contributed by atoms with E-state index in [9.17, 15) is 0 Å². The molecule has 1 aliphatic rings. The van der Waals surface area contributed by atoms with Gasteiger partial charge in [0, 0.05) is 31.9 Å². The third kappa shape index (κ3) is 4.81. The maximum atomic E-state index is 5.95. The summed E-state index contributed by atoms with van der Waals surface area (Å²) in [4.78, 5) is 5.06. The first-order chi connectivity index (χ1) is 13.4. The van der Waals surface area contributed by atoms with Crippen LogP contribution in [0.3, 0.4) is 0 Å². The number of benzene rings is 3. The van der Waals surface area contributed by atoms with Crippen LogP contribution in [0.15, 0.2) is 72.8 Å². The van der Waals surface area contributed by atoms with Crippen LogP contribution >= 0.6 is 0 Å². The highest BCUT2D eigenvalue weighted by Crippen LogP contribution is 2.21. The van der Waals surface area contributed by atoms with E-state index < -0.39 is 0 Å². The fourth-order valence-corrected chi connectivity index (χ4v) is 3.75. The lowest BCUT2D eigenvalue weighted by molar-refractivity contribution is 0.238. The molecule has 0 saturated carbocycles. The first-order valence-corrected chi connectivity index (χ1v) is 10.0. The number of unbranched alkanes of at least 4 members (excludes halogenated alkanes) is 1. The van der Waals surface area contributed by atoms with Crippen molar-refractivity contribution in [1.82, 2.24) is 4.90 Å². The predicted octanol–water partition coefficient (Wildman–Crippen LogP) is 4.82. The number of rotatable bonds is 7. The Labute approximate surface area is 162 Å². The molecule has 1 heterocycles. The number of piperazine rings is 1. The molecule has 27 heavy (non-hydrogen) atoms. The van der Waals surface area contributed by atoms with E-state index in [2.05, 4.69) is 82.6 Å². The molecule has 1 aliphatic heterocycles. The lowest BCUT2D eigenvalue weighted by atomic mass is 10.1. The molecule has 4 rings (SSSR count). The lowest BCUT2D eigenvalue weighted by Crippen LogP contribution is -2.46. The van der Waals surface area contributed by atoms with Crippen LogP contribution < -0.4 is 9.64 Å². The smallest absolute Gasteiger partial charge is 0.119 e. The standard InChI is InChI=1S/C24H28N2O/c1-2-10-23(11-3-1)26-17-15-25(16-18-26)14-6-7-19-27-24-13-12-21-8-4-5-9-22(21)20-24/h1-5,8-13,20H,6-7,14-19H2. The maximum Gasteiger partial charge on any atom is 0.119 e. The molecule has 1 saturated heterocycles. The zero-order chi connectivity index (χ0) is 18.3. The first kappa shape index (κ1) is 17.9. The van der Waals surface area contributed by atoms with Crippen LogP contribution in [0.1, 0.15) is 12.8 Å². The molecule has 0 atom stereocenters. The highest BCUT2D eigenvalue weighted by atomic mass is 16.5. The van der Waals surface area contributed by atoms with E-state index in [0.29, 0.717) is 0 Å². The molecule has 0 aromatic heterocycles. The van der Waals surface area contributed by atoms with Crippen molar-refractivity contribution in [3.63, 3.8) is 0 Å². The third-order valence-electron chi connectivity index (χ3n) is 5.35. The van der Waals surface area contributed by atoms with E-state index in [-0.39, 0.29) is 0 Å². The number of hydrogen-bond acceptors (Lipinski definition) is 3. The molecular weight excluding hydrogens is 332 g/mol. The number of nitrogens with zero attached hydrogens (tertiary/aromatic N) is 2. The lowest BCUT2D eigenvalue weighted by Gasteiger charge is -2.36. The van der Waals surface area contributed by atoms with Gasteiger partial charge >= 0.3 is 0 Å². The van der Waals surface area contributed by atoms with Crippen LogP contribution in [0.25, 0.3) is 10.8 Å². The van der Waals surface area contributed by atoms with Crippen molar-refractivity contribution >= 4 is 16.5 Å². The Bertz CT molecular complexity index is 841. The Kier molecular flexibility index (Phi) is 5.90. The number of ether oxygens (including phenoxy) is 1. The van der Waals surface area contributed by atoms with Crippen molar-refractivity contribution in [1.29, 1.82) is 0 Å². The largest absolute Gasteiger partial charge is 0.494 e. The SMILES string of the molecule is c1ccc(N2CCN(CCCCOc3ccc4ccccc4c3)CC2)cc1. The van der Waals surface area contributed by atoms with Crippen molar-refractivity contribution < 1.29 is 4.74 Å². The number of hydrogen-bond donors (Lipinski definition) is 0. The third-order valence-corrected chi connectivity index (χ3v) is 5.35. The molecule has 0 unspecified atom stereocenters. The minimum atomic E-state index is 0.794. The van der Waals surface area contributed by atoms with Gasteiger partial charge in [0.2, 0.25) is 0 Å². The molecule has 1 fully saturated rings. The summed E-state index contributed by atoms with van der Waals surface area (Å²) in [5.74, 6) is 0.977. The number of fused-ring (bicyclic) bond motifs is 1. The molecule has 3 heteroatoms. The molecule has 0 spiro atoms. The van der Waals surface area contributed by atoms with Gasteiger partial charge in [-0.2, -0.15) is 0 Å². The van der Waals surface area contributed by atoms with Gasteiger partial charge in [0.1, 0.15) is 5.75 Å². The molecule has 0 radical (unpaired) electrons. The van der Waals surface area contributed by atoms with Gasteiger partial charge in [-0.1, -0.05) is 48.5 Å². The van der Waals surface area contributed by atoms with E-state index in [1.54, 1.807) is 0 Å². The Morgan fingerprint density at radius 3 is 2.26 bits per heavy atom. The summed E-state index contributed by atoms with van der Waals surface area (Å²) in [5.41, 5.74) is 1.35. The zero-order valence-corrected chi connectivity index (χ0v) is 15.9. The summed E-state index contributed by atoms with van der Waals surface area (Å²) >= 11 is 0. The minimum Gasteiger partial charge on any atom is -0.494 e. The van der Waals surface area contributed by atoms with Crippen molar-refractivity contribution in [3.8, 4) is 5.75 Å². The second-order valence-electron chi connectivity index (χ2n) is 7.23. The average molecular weight is 361 g/mol. The zero-order valence-electron chi connectivity index (χ0n) is 15.9. The number of anilines is 1. The van der Waals surface area contributed by atoms with Gasteiger partial charge in [-0.05, 0) is 54.4 Å². The monoisotopic (exact) mass is 360 g/mol. The molecule has 0 amide bonds. The molecule has 3 nitrogen and oxygen atoms in total. The fraction of sp³-hybridized carbons (Fsp3) is 0.333. The topological polar surface area (TPSA) is 15.7 Å². The van der Waals surface area contributed by atoms with Crippen molar-refractivity contribution in [2.24, 2.45) is 0 Å². The predicted molar refractivity (Wildman–Crippen MR) is 114 cm³/mol. The molecule has 0 aliphatic carbocycles. The van der Waals surface area contributed by atoms with Crippen molar-refractivity contribution in [2.75, 3.05) is 44.2 Å². The van der Waals surface area contributed by atoms with Crippen LogP contribution in [0.5, 0.6) is 5.75 Å². The normalized spacial score (nSPS) is 15.2.